The van der Waals surface area contributed by atoms with E-state index in [0.717, 1.165) is 6.42 Å². The summed E-state index contributed by atoms with van der Waals surface area (Å²) in [5.74, 6) is 2.09. The van der Waals surface area contributed by atoms with Gasteiger partial charge in [0.15, 0.2) is 0 Å². The Kier molecular flexibility index (Phi) is 2.96. The van der Waals surface area contributed by atoms with Crippen molar-refractivity contribution in [2.75, 3.05) is 13.6 Å². The quantitative estimate of drug-likeness (QED) is 0.694. The average molecular weight is 238 g/mol. The lowest BCUT2D eigenvalue weighted by atomic mass is 9.70. The molecular formula is C14H26N2O. The first kappa shape index (κ1) is 11.9. The van der Waals surface area contributed by atoms with E-state index in [1.54, 1.807) is 0 Å². The zero-order valence-electron chi connectivity index (χ0n) is 11.3. The van der Waals surface area contributed by atoms with Gasteiger partial charge in [0.2, 0.25) is 0 Å². The third-order valence-electron chi connectivity index (χ3n) is 5.47. The number of hydrogen-bond donors (Lipinski definition) is 1. The van der Waals surface area contributed by atoms with Gasteiger partial charge >= 0.3 is 0 Å². The summed E-state index contributed by atoms with van der Waals surface area (Å²) in [5.41, 5.74) is 6.16. The fourth-order valence-corrected chi connectivity index (χ4v) is 4.49. The smallest absolute Gasteiger partial charge is 0.0663 e. The van der Waals surface area contributed by atoms with Crippen molar-refractivity contribution in [2.24, 2.45) is 23.5 Å². The maximum Gasteiger partial charge on any atom is 0.0663 e. The monoisotopic (exact) mass is 238 g/mol. The van der Waals surface area contributed by atoms with Gasteiger partial charge in [-0.25, -0.2) is 0 Å². The van der Waals surface area contributed by atoms with Crippen LogP contribution in [-0.4, -0.2) is 42.8 Å². The number of likely N-dealkylation sites (tertiary alicyclic amines) is 1. The van der Waals surface area contributed by atoms with Gasteiger partial charge in [-0.05, 0) is 45.1 Å². The topological polar surface area (TPSA) is 38.5 Å². The van der Waals surface area contributed by atoms with Crippen LogP contribution in [-0.2, 0) is 4.74 Å². The number of fused-ring (bicyclic) bond motifs is 3. The molecule has 2 saturated heterocycles. The molecule has 0 aromatic heterocycles. The molecular weight excluding hydrogens is 212 g/mol. The molecule has 3 rings (SSSR count). The van der Waals surface area contributed by atoms with Crippen molar-refractivity contribution in [2.45, 2.75) is 57.4 Å². The van der Waals surface area contributed by atoms with E-state index in [1.165, 1.54) is 19.4 Å². The minimum Gasteiger partial charge on any atom is -0.374 e. The molecule has 0 spiro atoms. The first-order valence-electron chi connectivity index (χ1n) is 7.19. The lowest BCUT2D eigenvalue weighted by Crippen LogP contribution is -2.52. The number of nitrogens with two attached hydrogens (primary N) is 1. The fraction of sp³-hybridized carbons (Fsp3) is 1.00. The summed E-state index contributed by atoms with van der Waals surface area (Å²) in [7, 11) is 2.26. The van der Waals surface area contributed by atoms with Crippen LogP contribution in [0.3, 0.4) is 0 Å². The Labute approximate surface area is 105 Å². The maximum atomic E-state index is 6.37. The Balaban J connectivity index is 1.84. The van der Waals surface area contributed by atoms with E-state index in [-0.39, 0.29) is 0 Å². The standard InChI is InChI=1S/C14H26N2O/c1-8-7-16(3)9(2)13-11-6-10(15)4-5-12(11)17-14(8)13/h8-14H,4-7,15H2,1-3H3. The van der Waals surface area contributed by atoms with Crippen molar-refractivity contribution < 1.29 is 4.74 Å². The van der Waals surface area contributed by atoms with Crippen LogP contribution in [0, 0.1) is 17.8 Å². The Morgan fingerprint density at radius 1 is 1.24 bits per heavy atom. The molecule has 7 unspecified atom stereocenters. The summed E-state index contributed by atoms with van der Waals surface area (Å²) >= 11 is 0. The molecule has 0 bridgehead atoms. The van der Waals surface area contributed by atoms with E-state index in [2.05, 4.69) is 25.8 Å². The predicted molar refractivity (Wildman–Crippen MR) is 68.7 cm³/mol. The normalized spacial score (nSPS) is 55.4. The number of hydrogen-bond acceptors (Lipinski definition) is 3. The van der Waals surface area contributed by atoms with E-state index in [1.807, 2.05) is 0 Å². The van der Waals surface area contributed by atoms with Gasteiger partial charge < -0.3 is 15.4 Å². The van der Waals surface area contributed by atoms with Gasteiger partial charge in [0, 0.05) is 24.5 Å². The molecule has 1 saturated carbocycles. The van der Waals surface area contributed by atoms with Crippen molar-refractivity contribution in [3.8, 4) is 0 Å². The maximum absolute atomic E-state index is 6.37. The minimum atomic E-state index is 0.410. The molecule has 3 fully saturated rings. The minimum absolute atomic E-state index is 0.410. The zero-order chi connectivity index (χ0) is 12.2. The van der Waals surface area contributed by atoms with Crippen molar-refractivity contribution in [3.63, 3.8) is 0 Å². The molecule has 0 amide bonds. The van der Waals surface area contributed by atoms with Crippen LogP contribution in [0.15, 0.2) is 0 Å². The molecule has 1 aliphatic carbocycles. The summed E-state index contributed by atoms with van der Waals surface area (Å²) in [6, 6.07) is 1.06. The first-order valence-corrected chi connectivity index (χ1v) is 7.19. The first-order chi connectivity index (χ1) is 8.08. The van der Waals surface area contributed by atoms with Crippen molar-refractivity contribution >= 4 is 0 Å². The molecule has 17 heavy (non-hydrogen) atoms. The second kappa shape index (κ2) is 4.22. The highest BCUT2D eigenvalue weighted by atomic mass is 16.5. The van der Waals surface area contributed by atoms with Gasteiger partial charge in [-0.15, -0.1) is 0 Å². The number of piperidine rings is 1. The molecule has 0 aromatic carbocycles. The van der Waals surface area contributed by atoms with Crippen LogP contribution in [0.25, 0.3) is 0 Å². The van der Waals surface area contributed by atoms with E-state index in [0.29, 0.717) is 42.0 Å². The van der Waals surface area contributed by atoms with Crippen LogP contribution in [0.5, 0.6) is 0 Å². The van der Waals surface area contributed by atoms with Crippen LogP contribution >= 0.6 is 0 Å². The lowest BCUT2D eigenvalue weighted by molar-refractivity contribution is -0.0470. The van der Waals surface area contributed by atoms with Crippen LogP contribution in [0.4, 0.5) is 0 Å². The summed E-state index contributed by atoms with van der Waals surface area (Å²) in [6.45, 7) is 5.89. The molecule has 98 valence electrons. The van der Waals surface area contributed by atoms with Gasteiger partial charge in [-0.1, -0.05) is 6.92 Å². The van der Waals surface area contributed by atoms with Crippen LogP contribution < -0.4 is 5.73 Å². The molecule has 2 aliphatic heterocycles. The van der Waals surface area contributed by atoms with Gasteiger partial charge in [-0.3, -0.25) is 0 Å². The predicted octanol–water partition coefficient (Wildman–Crippen LogP) is 1.47. The molecule has 3 nitrogen and oxygen atoms in total. The lowest BCUT2D eigenvalue weighted by Gasteiger charge is -2.44. The number of nitrogens with zero attached hydrogens (tertiary/aromatic N) is 1. The van der Waals surface area contributed by atoms with Gasteiger partial charge in [-0.2, -0.15) is 0 Å². The third-order valence-corrected chi connectivity index (χ3v) is 5.47. The molecule has 2 N–H and O–H groups in total. The molecule has 2 heterocycles. The summed E-state index contributed by atoms with van der Waals surface area (Å²) in [5, 5.41) is 0. The van der Waals surface area contributed by atoms with Gasteiger partial charge in [0.25, 0.3) is 0 Å². The summed E-state index contributed by atoms with van der Waals surface area (Å²) in [4.78, 5) is 2.51. The fourth-order valence-electron chi connectivity index (χ4n) is 4.49. The van der Waals surface area contributed by atoms with Crippen molar-refractivity contribution in [1.29, 1.82) is 0 Å². The van der Waals surface area contributed by atoms with Gasteiger partial charge in [0.1, 0.15) is 0 Å². The largest absolute Gasteiger partial charge is 0.374 e. The Hall–Kier alpha value is -0.120. The highest BCUT2D eigenvalue weighted by molar-refractivity contribution is 5.03. The SMILES string of the molecule is CC1CN(C)C(C)C2C3CC(N)CCC3OC12. The van der Waals surface area contributed by atoms with Gasteiger partial charge in [0.05, 0.1) is 12.2 Å². The van der Waals surface area contributed by atoms with E-state index < -0.39 is 0 Å². The van der Waals surface area contributed by atoms with Crippen molar-refractivity contribution in [3.05, 3.63) is 0 Å². The molecule has 3 aliphatic rings. The van der Waals surface area contributed by atoms with E-state index in [9.17, 15) is 0 Å². The molecule has 0 aromatic rings. The Morgan fingerprint density at radius 3 is 2.76 bits per heavy atom. The zero-order valence-corrected chi connectivity index (χ0v) is 11.3. The highest BCUT2D eigenvalue weighted by Crippen LogP contribution is 2.47. The number of ether oxygens (including phenoxy) is 1. The molecule has 7 atom stereocenters. The summed E-state index contributed by atoms with van der Waals surface area (Å²) in [6.07, 6.45) is 4.50. The van der Waals surface area contributed by atoms with E-state index in [4.69, 9.17) is 10.5 Å². The second-order valence-electron chi connectivity index (χ2n) is 6.61. The van der Waals surface area contributed by atoms with Crippen LogP contribution in [0.1, 0.15) is 33.1 Å². The Morgan fingerprint density at radius 2 is 2.00 bits per heavy atom. The molecule has 0 radical (unpaired) electrons. The summed E-state index contributed by atoms with van der Waals surface area (Å²) < 4.78 is 6.37. The van der Waals surface area contributed by atoms with Crippen molar-refractivity contribution in [1.82, 2.24) is 4.90 Å². The average Bonchev–Trinajstić information content (AvgIpc) is 2.65. The highest BCUT2D eigenvalue weighted by Gasteiger charge is 2.53. The third kappa shape index (κ3) is 1.83. The Bertz CT molecular complexity index is 296. The second-order valence-corrected chi connectivity index (χ2v) is 6.61. The number of rotatable bonds is 0. The van der Waals surface area contributed by atoms with E-state index >= 15 is 0 Å². The molecule has 3 heteroatoms. The van der Waals surface area contributed by atoms with Crippen LogP contribution in [0.2, 0.25) is 0 Å².